The molecule has 2 aromatic heterocycles. The second kappa shape index (κ2) is 4.83. The topological polar surface area (TPSA) is 103 Å². The molecule has 0 atom stereocenters. The van der Waals surface area contributed by atoms with Gasteiger partial charge in [-0.2, -0.15) is 5.10 Å². The van der Waals surface area contributed by atoms with Crippen molar-refractivity contribution in [3.63, 3.8) is 0 Å². The Labute approximate surface area is 104 Å². The summed E-state index contributed by atoms with van der Waals surface area (Å²) < 4.78 is 0.754. The molecule has 2 heterocycles. The van der Waals surface area contributed by atoms with E-state index in [1.165, 1.54) is 12.4 Å². The van der Waals surface area contributed by atoms with Crippen LogP contribution in [0.1, 0.15) is 20.8 Å². The number of amides is 2. The predicted molar refractivity (Wildman–Crippen MR) is 62.0 cm³/mol. The van der Waals surface area contributed by atoms with E-state index < -0.39 is 11.8 Å². The van der Waals surface area contributed by atoms with Crippen molar-refractivity contribution < 1.29 is 9.59 Å². The monoisotopic (exact) mass is 297 g/mol. The second-order valence-corrected chi connectivity index (χ2v) is 4.04. The van der Waals surface area contributed by atoms with Gasteiger partial charge in [-0.05, 0) is 22.0 Å². The number of rotatable bonds is 2. The number of carbonyl (C=O) groups excluding carboxylic acids is 2. The lowest BCUT2D eigenvalue weighted by atomic mass is 10.3. The van der Waals surface area contributed by atoms with E-state index in [9.17, 15) is 9.59 Å². The summed E-state index contributed by atoms with van der Waals surface area (Å²) in [5.41, 5.74) is 5.20. The van der Waals surface area contributed by atoms with E-state index in [4.69, 9.17) is 0 Å². The SMILES string of the molecule is O=C(NNC(=O)c1cc(Br)c[nH]1)c1cn[nH]c1. The molecular formula is C9H8BrN5O2. The van der Waals surface area contributed by atoms with Gasteiger partial charge < -0.3 is 4.98 Å². The maximum atomic E-state index is 11.5. The van der Waals surface area contributed by atoms with Crippen LogP contribution in [-0.2, 0) is 0 Å². The first-order valence-corrected chi connectivity index (χ1v) is 5.39. The Morgan fingerprint density at radius 1 is 1.24 bits per heavy atom. The number of carbonyl (C=O) groups is 2. The zero-order valence-corrected chi connectivity index (χ0v) is 10.0. The molecule has 88 valence electrons. The van der Waals surface area contributed by atoms with Crippen LogP contribution in [-0.4, -0.2) is 27.0 Å². The average molecular weight is 298 g/mol. The number of aromatic nitrogens is 3. The van der Waals surface area contributed by atoms with E-state index in [-0.39, 0.29) is 0 Å². The van der Waals surface area contributed by atoms with Crippen molar-refractivity contribution in [2.24, 2.45) is 0 Å². The van der Waals surface area contributed by atoms with Crippen molar-refractivity contribution >= 4 is 27.7 Å². The minimum absolute atomic E-state index is 0.331. The van der Waals surface area contributed by atoms with Gasteiger partial charge in [-0.25, -0.2) is 0 Å². The first kappa shape index (κ1) is 11.4. The third-order valence-electron chi connectivity index (χ3n) is 1.94. The van der Waals surface area contributed by atoms with Crippen molar-refractivity contribution in [3.8, 4) is 0 Å². The smallest absolute Gasteiger partial charge is 0.286 e. The Balaban J connectivity index is 1.91. The lowest BCUT2D eigenvalue weighted by Crippen LogP contribution is -2.41. The molecule has 2 amide bonds. The lowest BCUT2D eigenvalue weighted by Gasteiger charge is -2.04. The number of aromatic amines is 2. The molecule has 0 aliphatic rings. The molecule has 7 nitrogen and oxygen atoms in total. The van der Waals surface area contributed by atoms with E-state index >= 15 is 0 Å². The molecule has 0 aromatic carbocycles. The van der Waals surface area contributed by atoms with Crippen molar-refractivity contribution in [1.29, 1.82) is 0 Å². The van der Waals surface area contributed by atoms with E-state index in [1.54, 1.807) is 12.3 Å². The Hall–Kier alpha value is -2.09. The highest BCUT2D eigenvalue weighted by atomic mass is 79.9. The lowest BCUT2D eigenvalue weighted by molar-refractivity contribution is 0.0844. The molecule has 2 rings (SSSR count). The van der Waals surface area contributed by atoms with Crippen LogP contribution in [0, 0.1) is 0 Å². The number of H-pyrrole nitrogens is 2. The summed E-state index contributed by atoms with van der Waals surface area (Å²) >= 11 is 3.20. The molecular weight excluding hydrogens is 290 g/mol. The second-order valence-electron chi connectivity index (χ2n) is 3.13. The van der Waals surface area contributed by atoms with Gasteiger partial charge in [-0.15, -0.1) is 0 Å². The number of halogens is 1. The molecule has 0 unspecified atom stereocenters. The summed E-state index contributed by atoms with van der Waals surface area (Å²) in [5, 5.41) is 6.12. The van der Waals surface area contributed by atoms with E-state index in [0.29, 0.717) is 11.3 Å². The first-order valence-electron chi connectivity index (χ1n) is 4.60. The maximum absolute atomic E-state index is 11.5. The van der Waals surface area contributed by atoms with Crippen LogP contribution in [0.5, 0.6) is 0 Å². The summed E-state index contributed by atoms with van der Waals surface area (Å²) in [6, 6.07) is 1.60. The van der Waals surface area contributed by atoms with E-state index in [0.717, 1.165) is 4.47 Å². The Morgan fingerprint density at radius 3 is 2.59 bits per heavy atom. The van der Waals surface area contributed by atoms with E-state index in [2.05, 4.69) is 42.0 Å². The zero-order chi connectivity index (χ0) is 12.3. The molecule has 0 bridgehead atoms. The Kier molecular flexibility index (Phi) is 3.24. The van der Waals surface area contributed by atoms with Crippen LogP contribution < -0.4 is 10.9 Å². The standard InChI is InChI=1S/C9H8BrN5O2/c10-6-1-7(11-4-6)9(17)15-14-8(16)5-2-12-13-3-5/h1-4,11H,(H,12,13)(H,14,16)(H,15,17). The Morgan fingerprint density at radius 2 is 2.00 bits per heavy atom. The van der Waals surface area contributed by atoms with Gasteiger partial charge in [0.25, 0.3) is 11.8 Å². The van der Waals surface area contributed by atoms with Crippen LogP contribution in [0.15, 0.2) is 29.1 Å². The van der Waals surface area contributed by atoms with Gasteiger partial charge >= 0.3 is 0 Å². The van der Waals surface area contributed by atoms with Crippen LogP contribution in [0.25, 0.3) is 0 Å². The number of hydrogen-bond donors (Lipinski definition) is 4. The highest BCUT2D eigenvalue weighted by Gasteiger charge is 2.10. The minimum Gasteiger partial charge on any atom is -0.356 e. The van der Waals surface area contributed by atoms with Gasteiger partial charge in [-0.3, -0.25) is 25.5 Å². The molecule has 17 heavy (non-hydrogen) atoms. The summed E-state index contributed by atoms with van der Waals surface area (Å²) in [5.74, 6) is -0.884. The van der Waals surface area contributed by atoms with Gasteiger partial charge in [0.1, 0.15) is 5.69 Å². The third-order valence-corrected chi connectivity index (χ3v) is 2.40. The predicted octanol–water partition coefficient (Wildman–Crippen LogP) is 0.575. The van der Waals surface area contributed by atoms with Crippen LogP contribution in [0.2, 0.25) is 0 Å². The summed E-state index contributed by atoms with van der Waals surface area (Å²) in [7, 11) is 0. The molecule has 4 N–H and O–H groups in total. The molecule has 8 heteroatoms. The van der Waals surface area contributed by atoms with Crippen LogP contribution in [0.3, 0.4) is 0 Å². The fraction of sp³-hybridized carbons (Fsp3) is 0. The highest BCUT2D eigenvalue weighted by Crippen LogP contribution is 2.09. The Bertz CT molecular complexity index is 533. The molecule has 0 fully saturated rings. The molecule has 0 aliphatic heterocycles. The van der Waals surface area contributed by atoms with Gasteiger partial charge in [0.15, 0.2) is 0 Å². The largest absolute Gasteiger partial charge is 0.356 e. The number of hydrazine groups is 1. The molecule has 0 aliphatic carbocycles. The molecule has 2 aromatic rings. The van der Waals surface area contributed by atoms with Gasteiger partial charge in [0.05, 0.1) is 11.8 Å². The molecule has 0 saturated carbocycles. The van der Waals surface area contributed by atoms with Crippen LogP contribution in [0.4, 0.5) is 0 Å². The normalized spacial score (nSPS) is 9.94. The summed E-state index contributed by atoms with van der Waals surface area (Å²) in [6.07, 6.45) is 4.40. The maximum Gasteiger partial charge on any atom is 0.286 e. The number of hydrogen-bond acceptors (Lipinski definition) is 3. The molecule has 0 saturated heterocycles. The highest BCUT2D eigenvalue weighted by molar-refractivity contribution is 9.10. The van der Waals surface area contributed by atoms with Crippen molar-refractivity contribution in [2.75, 3.05) is 0 Å². The molecule has 0 radical (unpaired) electrons. The third kappa shape index (κ3) is 2.72. The fourth-order valence-electron chi connectivity index (χ4n) is 1.13. The van der Waals surface area contributed by atoms with Gasteiger partial charge in [0, 0.05) is 16.9 Å². The van der Waals surface area contributed by atoms with Crippen LogP contribution >= 0.6 is 15.9 Å². The number of nitrogens with zero attached hydrogens (tertiary/aromatic N) is 1. The van der Waals surface area contributed by atoms with Gasteiger partial charge in [0.2, 0.25) is 0 Å². The van der Waals surface area contributed by atoms with Gasteiger partial charge in [-0.1, -0.05) is 0 Å². The zero-order valence-electron chi connectivity index (χ0n) is 8.45. The average Bonchev–Trinajstić information content (AvgIpc) is 2.95. The van der Waals surface area contributed by atoms with E-state index in [1.807, 2.05) is 0 Å². The van der Waals surface area contributed by atoms with Crippen molar-refractivity contribution in [1.82, 2.24) is 26.0 Å². The fourth-order valence-corrected chi connectivity index (χ4v) is 1.47. The summed E-state index contributed by atoms with van der Waals surface area (Å²) in [4.78, 5) is 25.7. The summed E-state index contributed by atoms with van der Waals surface area (Å²) in [6.45, 7) is 0. The van der Waals surface area contributed by atoms with Crippen molar-refractivity contribution in [3.05, 3.63) is 40.4 Å². The quantitative estimate of drug-likeness (QED) is 0.610. The minimum atomic E-state index is -0.447. The number of nitrogens with one attached hydrogen (secondary N) is 4. The first-order chi connectivity index (χ1) is 8.16. The van der Waals surface area contributed by atoms with Crippen molar-refractivity contribution in [2.45, 2.75) is 0 Å². The molecule has 0 spiro atoms.